The van der Waals surface area contributed by atoms with Crippen LogP contribution in [0.2, 0.25) is 0 Å². The Hall–Kier alpha value is -2.70. The van der Waals surface area contributed by atoms with Gasteiger partial charge in [-0.25, -0.2) is 15.0 Å². The molecule has 2 aromatic rings. The van der Waals surface area contributed by atoms with Crippen LogP contribution in [-0.4, -0.2) is 46.6 Å². The molecular weight excluding hydrogens is 378 g/mol. The largest absolute Gasteiger partial charge is 0.493 e. The van der Waals surface area contributed by atoms with Crippen molar-refractivity contribution >= 4 is 11.7 Å². The van der Waals surface area contributed by atoms with E-state index in [1.807, 2.05) is 51.8 Å². The van der Waals surface area contributed by atoms with Crippen molar-refractivity contribution < 1.29 is 9.53 Å². The van der Waals surface area contributed by atoms with Crippen molar-refractivity contribution in [3.05, 3.63) is 29.1 Å². The number of aromatic nitrogens is 3. The monoisotopic (exact) mass is 411 g/mol. The lowest BCUT2D eigenvalue weighted by Crippen LogP contribution is -2.45. The Morgan fingerprint density at radius 1 is 1.20 bits per heavy atom. The third-order valence-corrected chi connectivity index (χ3v) is 4.80. The average molecular weight is 412 g/mol. The molecule has 0 saturated heterocycles. The van der Waals surface area contributed by atoms with Gasteiger partial charge in [0.25, 0.3) is 0 Å². The zero-order valence-electron chi connectivity index (χ0n) is 19.0. The van der Waals surface area contributed by atoms with Gasteiger partial charge in [0, 0.05) is 41.7 Å². The molecule has 162 valence electrons. The van der Waals surface area contributed by atoms with Crippen LogP contribution >= 0.6 is 0 Å². The lowest BCUT2D eigenvalue weighted by Gasteiger charge is -2.25. The quantitative estimate of drug-likeness (QED) is 0.751. The minimum Gasteiger partial charge on any atom is -0.493 e. The van der Waals surface area contributed by atoms with Gasteiger partial charge in [-0.15, -0.1) is 0 Å². The first-order chi connectivity index (χ1) is 14.2. The molecule has 0 saturated carbocycles. The number of hydrogen-bond acceptors (Lipinski definition) is 6. The highest BCUT2D eigenvalue weighted by Gasteiger charge is 2.24. The predicted octanol–water partition coefficient (Wildman–Crippen LogP) is 3.48. The van der Waals surface area contributed by atoms with Gasteiger partial charge in [0.1, 0.15) is 17.3 Å². The number of fused-ring (bicyclic) bond motifs is 1. The predicted molar refractivity (Wildman–Crippen MR) is 119 cm³/mol. The molecule has 30 heavy (non-hydrogen) atoms. The molecule has 0 atom stereocenters. The smallest absolute Gasteiger partial charge is 0.239 e. The molecule has 1 amide bonds. The summed E-state index contributed by atoms with van der Waals surface area (Å²) in [7, 11) is 1.91. The van der Waals surface area contributed by atoms with Crippen LogP contribution in [-0.2, 0) is 17.6 Å². The van der Waals surface area contributed by atoms with E-state index < -0.39 is 0 Å². The summed E-state index contributed by atoms with van der Waals surface area (Å²) < 4.78 is 5.81. The van der Waals surface area contributed by atoms with E-state index in [9.17, 15) is 4.79 Å². The van der Waals surface area contributed by atoms with Gasteiger partial charge < -0.3 is 15.0 Å². The Bertz CT molecular complexity index is 921. The van der Waals surface area contributed by atoms with E-state index in [4.69, 9.17) is 14.7 Å². The number of ether oxygens (including phenoxy) is 1. The zero-order chi connectivity index (χ0) is 21.9. The van der Waals surface area contributed by atoms with Gasteiger partial charge in [0.2, 0.25) is 5.91 Å². The minimum absolute atomic E-state index is 0.0270. The normalized spacial score (nSPS) is 13.1. The fourth-order valence-electron chi connectivity index (χ4n) is 3.65. The molecule has 7 nitrogen and oxygen atoms in total. The van der Waals surface area contributed by atoms with Gasteiger partial charge in [0.05, 0.1) is 13.2 Å². The lowest BCUT2D eigenvalue weighted by molar-refractivity contribution is -0.121. The molecule has 1 N–H and O–H groups in total. The Morgan fingerprint density at radius 3 is 2.67 bits per heavy atom. The van der Waals surface area contributed by atoms with Crippen LogP contribution in [0.4, 0.5) is 5.82 Å². The molecule has 3 rings (SSSR count). The van der Waals surface area contributed by atoms with Crippen LogP contribution in [0.1, 0.15) is 57.5 Å². The number of rotatable bonds is 7. The van der Waals surface area contributed by atoms with Gasteiger partial charge in [-0.3, -0.25) is 4.79 Å². The summed E-state index contributed by atoms with van der Waals surface area (Å²) in [5, 5.41) is 3.02. The van der Waals surface area contributed by atoms with Crippen molar-refractivity contribution in [2.45, 2.75) is 65.8 Å². The minimum atomic E-state index is -0.267. The fraction of sp³-hybridized carbons (Fsp3) is 0.565. The van der Waals surface area contributed by atoms with Gasteiger partial charge in [0.15, 0.2) is 5.82 Å². The second-order valence-corrected chi connectivity index (χ2v) is 8.98. The lowest BCUT2D eigenvalue weighted by atomic mass is 10.1. The Labute approximate surface area is 179 Å². The van der Waals surface area contributed by atoms with Crippen LogP contribution < -0.4 is 15.0 Å². The number of likely N-dealkylation sites (N-methyl/N-ethyl adjacent to an activating group) is 1. The van der Waals surface area contributed by atoms with E-state index in [0.717, 1.165) is 54.2 Å². The molecule has 0 radical (unpaired) electrons. The van der Waals surface area contributed by atoms with Gasteiger partial charge >= 0.3 is 0 Å². The molecule has 0 fully saturated rings. The number of amides is 1. The summed E-state index contributed by atoms with van der Waals surface area (Å²) in [5.74, 6) is 2.15. The van der Waals surface area contributed by atoms with Gasteiger partial charge in [-0.1, -0.05) is 6.92 Å². The molecule has 2 heterocycles. The maximum Gasteiger partial charge on any atom is 0.239 e. The van der Waals surface area contributed by atoms with Crippen molar-refractivity contribution in [1.82, 2.24) is 20.3 Å². The molecule has 0 unspecified atom stereocenters. The summed E-state index contributed by atoms with van der Waals surface area (Å²) in [4.78, 5) is 28.7. The van der Waals surface area contributed by atoms with Crippen LogP contribution in [0, 0.1) is 6.92 Å². The van der Waals surface area contributed by atoms with Crippen molar-refractivity contribution in [3.63, 3.8) is 0 Å². The van der Waals surface area contributed by atoms with Crippen molar-refractivity contribution in [2.75, 3.05) is 25.1 Å². The molecule has 0 spiro atoms. The van der Waals surface area contributed by atoms with Gasteiger partial charge in [-0.2, -0.15) is 0 Å². The van der Waals surface area contributed by atoms with E-state index in [0.29, 0.717) is 18.1 Å². The third kappa shape index (κ3) is 5.46. The van der Waals surface area contributed by atoms with Crippen LogP contribution in [0.3, 0.4) is 0 Å². The molecule has 1 aliphatic carbocycles. The number of carbonyl (C=O) groups is 1. The maximum atomic E-state index is 12.5. The maximum absolute atomic E-state index is 12.5. The molecule has 7 heteroatoms. The summed E-state index contributed by atoms with van der Waals surface area (Å²) in [6.45, 7) is 10.9. The Morgan fingerprint density at radius 2 is 1.97 bits per heavy atom. The van der Waals surface area contributed by atoms with E-state index in [-0.39, 0.29) is 18.0 Å². The zero-order valence-corrected chi connectivity index (χ0v) is 19.0. The van der Waals surface area contributed by atoms with Gasteiger partial charge in [-0.05, 0) is 53.4 Å². The van der Waals surface area contributed by atoms with Crippen molar-refractivity contribution in [2.24, 2.45) is 0 Å². The molecule has 0 bridgehead atoms. The number of pyridine rings is 1. The number of aryl methyl sites for hydroxylation is 2. The van der Waals surface area contributed by atoms with Crippen molar-refractivity contribution in [3.8, 4) is 17.3 Å². The topological polar surface area (TPSA) is 80.2 Å². The Balaban J connectivity index is 1.93. The molecule has 2 aromatic heterocycles. The molecule has 1 aliphatic rings. The van der Waals surface area contributed by atoms with Crippen molar-refractivity contribution in [1.29, 1.82) is 0 Å². The highest BCUT2D eigenvalue weighted by molar-refractivity contribution is 5.82. The number of nitrogens with zero attached hydrogens (tertiary/aromatic N) is 4. The number of anilines is 1. The average Bonchev–Trinajstić information content (AvgIpc) is 3.12. The number of nitrogens with one attached hydrogen (secondary N) is 1. The summed E-state index contributed by atoms with van der Waals surface area (Å²) in [5.41, 5.74) is 3.49. The van der Waals surface area contributed by atoms with Crippen LogP contribution in [0.5, 0.6) is 5.75 Å². The second kappa shape index (κ2) is 8.98. The molecular formula is C23H33N5O2. The highest BCUT2D eigenvalue weighted by Crippen LogP contribution is 2.31. The molecule has 0 aliphatic heterocycles. The number of hydrogen-bond donors (Lipinski definition) is 1. The Kier molecular flexibility index (Phi) is 6.58. The van der Waals surface area contributed by atoms with E-state index >= 15 is 0 Å². The van der Waals surface area contributed by atoms with Crippen LogP contribution in [0.25, 0.3) is 11.5 Å². The summed E-state index contributed by atoms with van der Waals surface area (Å²) >= 11 is 0. The third-order valence-electron chi connectivity index (χ3n) is 4.80. The first kappa shape index (κ1) is 22.0. The summed E-state index contributed by atoms with van der Waals surface area (Å²) in [6.07, 6.45) is 3.85. The first-order valence-corrected chi connectivity index (χ1v) is 10.7. The van der Waals surface area contributed by atoms with E-state index in [1.165, 1.54) is 0 Å². The SMILES string of the molecule is CCCOc1cc(C)nc(-c2nc3c(c(N(C)CC(=O)NC(C)(C)C)n2)CCC3)c1. The molecule has 0 aromatic carbocycles. The van der Waals surface area contributed by atoms with Crippen LogP contribution in [0.15, 0.2) is 12.1 Å². The second-order valence-electron chi connectivity index (χ2n) is 8.98. The summed E-state index contributed by atoms with van der Waals surface area (Å²) in [6, 6.07) is 3.83. The van der Waals surface area contributed by atoms with E-state index in [2.05, 4.69) is 17.2 Å². The number of carbonyl (C=O) groups excluding carboxylic acids is 1. The standard InChI is InChI=1S/C23H33N5O2/c1-7-11-30-16-12-15(2)24-19(13-16)21-25-18-10-8-9-17(18)22(26-21)28(6)14-20(29)27-23(3,4)5/h12-13H,7-11,14H2,1-6H3,(H,27,29). The fourth-order valence-corrected chi connectivity index (χ4v) is 3.65. The highest BCUT2D eigenvalue weighted by atomic mass is 16.5. The first-order valence-electron chi connectivity index (χ1n) is 10.7. The van der Waals surface area contributed by atoms with E-state index in [1.54, 1.807) is 0 Å².